The van der Waals surface area contributed by atoms with Crippen LogP contribution < -0.4 is 0 Å². The van der Waals surface area contributed by atoms with Crippen molar-refractivity contribution < 1.29 is 4.42 Å². The third-order valence-corrected chi connectivity index (χ3v) is 1.13. The largest absolute Gasteiger partial charge is 0.469 e. The molecule has 1 atom stereocenters. The first-order valence-electron chi connectivity index (χ1n) is 3.14. The van der Waals surface area contributed by atoms with Gasteiger partial charge in [-0.1, -0.05) is 13.8 Å². The minimum absolute atomic E-state index is 0.441. The molecule has 9 heavy (non-hydrogen) atoms. The van der Waals surface area contributed by atoms with Gasteiger partial charge in [0.25, 0.3) is 0 Å². The van der Waals surface area contributed by atoms with Crippen molar-refractivity contribution >= 4 is 0 Å². The van der Waals surface area contributed by atoms with E-state index in [1.807, 2.05) is 12.1 Å². The lowest BCUT2D eigenvalue weighted by Gasteiger charge is -1.97. The van der Waals surface area contributed by atoms with E-state index in [2.05, 4.69) is 13.8 Å². The minimum atomic E-state index is 0.441. The normalized spacial score (nSPS) is 10.6. The molecule has 0 aliphatic carbocycles. The lowest BCUT2D eigenvalue weighted by Crippen LogP contribution is -1.90. The lowest BCUT2D eigenvalue weighted by atomic mass is 10.1. The van der Waals surface area contributed by atoms with Crippen LogP contribution >= 0.6 is 0 Å². The van der Waals surface area contributed by atoms with E-state index in [9.17, 15) is 0 Å². The fourth-order valence-electron chi connectivity index (χ4n) is 0.772. The SMILES string of the molecule is [CH2]C(C)Cc1ccco1. The van der Waals surface area contributed by atoms with E-state index in [4.69, 9.17) is 4.42 Å². The summed E-state index contributed by atoms with van der Waals surface area (Å²) in [6.45, 7) is 5.93. The molecule has 0 N–H and O–H groups in total. The minimum Gasteiger partial charge on any atom is -0.469 e. The van der Waals surface area contributed by atoms with Crippen LogP contribution in [-0.2, 0) is 6.42 Å². The molecule has 0 saturated heterocycles. The Kier molecular flexibility index (Phi) is 1.93. The topological polar surface area (TPSA) is 13.1 Å². The maximum Gasteiger partial charge on any atom is 0.104 e. The first-order chi connectivity index (χ1) is 4.29. The molecule has 0 aliphatic rings. The summed E-state index contributed by atoms with van der Waals surface area (Å²) in [5.74, 6) is 1.47. The summed E-state index contributed by atoms with van der Waals surface area (Å²) in [6, 6.07) is 3.87. The van der Waals surface area contributed by atoms with Gasteiger partial charge in [0.2, 0.25) is 0 Å². The molecule has 1 heteroatoms. The molecule has 1 unspecified atom stereocenters. The Hall–Kier alpha value is -0.720. The van der Waals surface area contributed by atoms with E-state index in [-0.39, 0.29) is 0 Å². The van der Waals surface area contributed by atoms with E-state index in [0.717, 1.165) is 12.2 Å². The first-order valence-corrected chi connectivity index (χ1v) is 3.14. The van der Waals surface area contributed by atoms with Crippen LogP contribution in [0.15, 0.2) is 22.8 Å². The van der Waals surface area contributed by atoms with Crippen LogP contribution in [0, 0.1) is 12.8 Å². The summed E-state index contributed by atoms with van der Waals surface area (Å²) in [4.78, 5) is 0. The molecule has 1 heterocycles. The maximum absolute atomic E-state index is 5.10. The molecule has 1 radical (unpaired) electrons. The molecular weight excluding hydrogens is 112 g/mol. The molecule has 49 valence electrons. The third-order valence-electron chi connectivity index (χ3n) is 1.13. The van der Waals surface area contributed by atoms with Crippen molar-refractivity contribution in [1.82, 2.24) is 0 Å². The van der Waals surface area contributed by atoms with Gasteiger partial charge in [0.1, 0.15) is 5.76 Å². The van der Waals surface area contributed by atoms with Gasteiger partial charge in [0.05, 0.1) is 6.26 Å². The molecule has 0 bridgehead atoms. The van der Waals surface area contributed by atoms with Gasteiger partial charge in [0.15, 0.2) is 0 Å². The van der Waals surface area contributed by atoms with Gasteiger partial charge in [0, 0.05) is 6.42 Å². The predicted octanol–water partition coefficient (Wildman–Crippen LogP) is 2.29. The van der Waals surface area contributed by atoms with Crippen molar-refractivity contribution in [3.05, 3.63) is 31.1 Å². The zero-order valence-corrected chi connectivity index (χ0v) is 5.63. The Bertz CT molecular complexity index is 151. The molecule has 0 fully saturated rings. The van der Waals surface area contributed by atoms with Gasteiger partial charge in [-0.05, 0) is 18.1 Å². The van der Waals surface area contributed by atoms with Gasteiger partial charge < -0.3 is 4.42 Å². The zero-order valence-electron chi connectivity index (χ0n) is 5.63. The summed E-state index contributed by atoms with van der Waals surface area (Å²) < 4.78 is 5.10. The van der Waals surface area contributed by atoms with Crippen LogP contribution in [0.1, 0.15) is 12.7 Å². The molecule has 0 aliphatic heterocycles. The van der Waals surface area contributed by atoms with E-state index in [1.165, 1.54) is 0 Å². The average Bonchev–Trinajstić information content (AvgIpc) is 2.15. The average molecular weight is 123 g/mol. The highest BCUT2D eigenvalue weighted by Crippen LogP contribution is 2.06. The molecule has 1 aromatic heterocycles. The Morgan fingerprint density at radius 1 is 1.78 bits per heavy atom. The summed E-state index contributed by atoms with van der Waals surface area (Å²) in [5.41, 5.74) is 0. The van der Waals surface area contributed by atoms with E-state index in [0.29, 0.717) is 5.92 Å². The first kappa shape index (κ1) is 6.40. The van der Waals surface area contributed by atoms with Crippen molar-refractivity contribution in [1.29, 1.82) is 0 Å². The van der Waals surface area contributed by atoms with Gasteiger partial charge in [-0.25, -0.2) is 0 Å². The van der Waals surface area contributed by atoms with Crippen molar-refractivity contribution in [3.8, 4) is 0 Å². The molecule has 1 aromatic rings. The van der Waals surface area contributed by atoms with Crippen molar-refractivity contribution in [2.24, 2.45) is 5.92 Å². The molecule has 1 nitrogen and oxygen atoms in total. The summed E-state index contributed by atoms with van der Waals surface area (Å²) in [7, 11) is 0. The van der Waals surface area contributed by atoms with Crippen LogP contribution in [0.4, 0.5) is 0 Å². The van der Waals surface area contributed by atoms with E-state index < -0.39 is 0 Å². The summed E-state index contributed by atoms with van der Waals surface area (Å²) >= 11 is 0. The van der Waals surface area contributed by atoms with Crippen molar-refractivity contribution in [3.63, 3.8) is 0 Å². The molecule has 0 saturated carbocycles. The smallest absolute Gasteiger partial charge is 0.104 e. The second kappa shape index (κ2) is 2.72. The standard InChI is InChI=1S/C8H11O/c1-7(2)6-8-4-3-5-9-8/h3-5,7H,1,6H2,2H3. The van der Waals surface area contributed by atoms with E-state index >= 15 is 0 Å². The van der Waals surface area contributed by atoms with Crippen molar-refractivity contribution in [2.45, 2.75) is 13.3 Å². The van der Waals surface area contributed by atoms with Crippen LogP contribution in [0.25, 0.3) is 0 Å². The van der Waals surface area contributed by atoms with E-state index in [1.54, 1.807) is 6.26 Å². The van der Waals surface area contributed by atoms with Crippen LogP contribution in [-0.4, -0.2) is 0 Å². The molecule has 1 rings (SSSR count). The fourth-order valence-corrected chi connectivity index (χ4v) is 0.772. The Morgan fingerprint density at radius 3 is 3.00 bits per heavy atom. The number of hydrogen-bond acceptors (Lipinski definition) is 1. The maximum atomic E-state index is 5.10. The highest BCUT2D eigenvalue weighted by Gasteiger charge is 1.97. The highest BCUT2D eigenvalue weighted by molar-refractivity contribution is 4.98. The summed E-state index contributed by atoms with van der Waals surface area (Å²) in [5, 5.41) is 0. The zero-order chi connectivity index (χ0) is 6.69. The summed E-state index contributed by atoms with van der Waals surface area (Å²) in [6.07, 6.45) is 2.63. The Morgan fingerprint density at radius 2 is 2.56 bits per heavy atom. The lowest BCUT2D eigenvalue weighted by molar-refractivity contribution is 0.485. The monoisotopic (exact) mass is 123 g/mol. The van der Waals surface area contributed by atoms with Crippen LogP contribution in [0.5, 0.6) is 0 Å². The Labute approximate surface area is 55.7 Å². The molecular formula is C8H11O. The van der Waals surface area contributed by atoms with Crippen LogP contribution in [0.3, 0.4) is 0 Å². The third kappa shape index (κ3) is 1.92. The van der Waals surface area contributed by atoms with Gasteiger partial charge in [-0.15, -0.1) is 0 Å². The van der Waals surface area contributed by atoms with Gasteiger partial charge in [-0.2, -0.15) is 0 Å². The molecule has 0 amide bonds. The second-order valence-electron chi connectivity index (χ2n) is 2.39. The van der Waals surface area contributed by atoms with Gasteiger partial charge >= 0.3 is 0 Å². The fraction of sp³-hybridized carbons (Fsp3) is 0.375. The molecule has 0 aromatic carbocycles. The highest BCUT2D eigenvalue weighted by atomic mass is 16.3. The quantitative estimate of drug-likeness (QED) is 0.588. The number of rotatable bonds is 2. The predicted molar refractivity (Wildman–Crippen MR) is 36.9 cm³/mol. The van der Waals surface area contributed by atoms with Gasteiger partial charge in [-0.3, -0.25) is 0 Å². The number of furan rings is 1. The van der Waals surface area contributed by atoms with Crippen LogP contribution in [0.2, 0.25) is 0 Å². The number of hydrogen-bond donors (Lipinski definition) is 0. The van der Waals surface area contributed by atoms with Crippen molar-refractivity contribution in [2.75, 3.05) is 0 Å². The second-order valence-corrected chi connectivity index (χ2v) is 2.39. The Balaban J connectivity index is 2.48. The molecule has 0 spiro atoms.